The molecule has 2 nitrogen and oxygen atoms in total. The van der Waals surface area contributed by atoms with E-state index in [9.17, 15) is 0 Å². The van der Waals surface area contributed by atoms with Crippen LogP contribution in [-0.4, -0.2) is 30.6 Å². The van der Waals surface area contributed by atoms with E-state index in [1.807, 2.05) is 12.1 Å². The van der Waals surface area contributed by atoms with Gasteiger partial charge < -0.3 is 5.32 Å². The normalized spacial score (nSPS) is 17.3. The number of halogens is 1. The van der Waals surface area contributed by atoms with Crippen molar-refractivity contribution in [2.75, 3.05) is 19.6 Å². The zero-order valence-corrected chi connectivity index (χ0v) is 12.8. The number of rotatable bonds is 5. The van der Waals surface area contributed by atoms with E-state index in [4.69, 9.17) is 11.6 Å². The van der Waals surface area contributed by atoms with Crippen LogP contribution in [0.4, 0.5) is 0 Å². The molecular formula is C16H25ClN2. The van der Waals surface area contributed by atoms with Gasteiger partial charge in [0.15, 0.2) is 0 Å². The Bertz CT molecular complexity index is 386. The summed E-state index contributed by atoms with van der Waals surface area (Å²) in [5.74, 6) is 0.703. The minimum atomic E-state index is 0.703. The van der Waals surface area contributed by atoms with Gasteiger partial charge in [-0.3, -0.25) is 4.90 Å². The number of hydrogen-bond donors (Lipinski definition) is 1. The zero-order valence-electron chi connectivity index (χ0n) is 12.0. The molecule has 1 saturated heterocycles. The lowest BCUT2D eigenvalue weighted by Gasteiger charge is -2.35. The van der Waals surface area contributed by atoms with Crippen molar-refractivity contribution in [3.63, 3.8) is 0 Å². The molecular weight excluding hydrogens is 256 g/mol. The van der Waals surface area contributed by atoms with E-state index in [2.05, 4.69) is 36.2 Å². The third kappa shape index (κ3) is 4.79. The van der Waals surface area contributed by atoms with Crippen LogP contribution in [0, 0.1) is 5.92 Å². The Morgan fingerprint density at radius 1 is 1.32 bits per heavy atom. The van der Waals surface area contributed by atoms with Gasteiger partial charge in [-0.15, -0.1) is 0 Å². The first-order valence-corrected chi connectivity index (χ1v) is 7.72. The first kappa shape index (κ1) is 14.8. The predicted molar refractivity (Wildman–Crippen MR) is 82.6 cm³/mol. The van der Waals surface area contributed by atoms with Gasteiger partial charge in [-0.05, 0) is 49.5 Å². The van der Waals surface area contributed by atoms with Crippen LogP contribution < -0.4 is 5.32 Å². The Kier molecular flexibility index (Phi) is 5.68. The van der Waals surface area contributed by atoms with Crippen LogP contribution >= 0.6 is 11.6 Å². The molecule has 0 radical (unpaired) electrons. The van der Waals surface area contributed by atoms with Crippen LogP contribution in [0.1, 0.15) is 32.3 Å². The fourth-order valence-corrected chi connectivity index (χ4v) is 3.07. The number of nitrogens with zero attached hydrogens (tertiary/aromatic N) is 1. The Morgan fingerprint density at radius 2 is 2.05 bits per heavy atom. The van der Waals surface area contributed by atoms with Gasteiger partial charge in [-0.1, -0.05) is 37.6 Å². The van der Waals surface area contributed by atoms with Crippen LogP contribution in [0.3, 0.4) is 0 Å². The molecule has 1 aromatic rings. The molecule has 106 valence electrons. The van der Waals surface area contributed by atoms with Crippen LogP contribution in [0.2, 0.25) is 5.02 Å². The fourth-order valence-electron chi connectivity index (χ4n) is 2.85. The van der Waals surface area contributed by atoms with Crippen LogP contribution in [0.25, 0.3) is 0 Å². The molecule has 1 fully saturated rings. The maximum atomic E-state index is 6.09. The van der Waals surface area contributed by atoms with Gasteiger partial charge in [-0.2, -0.15) is 0 Å². The molecule has 0 aliphatic carbocycles. The average Bonchev–Trinajstić information content (AvgIpc) is 2.38. The molecule has 2 rings (SSSR count). The van der Waals surface area contributed by atoms with Crippen molar-refractivity contribution in [1.29, 1.82) is 0 Å². The van der Waals surface area contributed by atoms with Gasteiger partial charge in [0.2, 0.25) is 0 Å². The highest BCUT2D eigenvalue weighted by Gasteiger charge is 2.21. The highest BCUT2D eigenvalue weighted by Crippen LogP contribution is 2.19. The summed E-state index contributed by atoms with van der Waals surface area (Å²) in [5.41, 5.74) is 1.33. The van der Waals surface area contributed by atoms with Gasteiger partial charge in [0, 0.05) is 24.2 Å². The molecule has 1 heterocycles. The van der Waals surface area contributed by atoms with E-state index < -0.39 is 0 Å². The van der Waals surface area contributed by atoms with Gasteiger partial charge >= 0.3 is 0 Å². The highest BCUT2D eigenvalue weighted by atomic mass is 35.5. The lowest BCUT2D eigenvalue weighted by molar-refractivity contribution is 0.137. The summed E-state index contributed by atoms with van der Waals surface area (Å²) in [5, 5.41) is 4.29. The summed E-state index contributed by atoms with van der Waals surface area (Å²) in [6, 6.07) is 8.98. The van der Waals surface area contributed by atoms with E-state index in [0.29, 0.717) is 12.0 Å². The molecule has 0 amide bonds. The molecule has 0 atom stereocenters. The quantitative estimate of drug-likeness (QED) is 0.887. The fraction of sp³-hybridized carbons (Fsp3) is 0.625. The molecule has 0 saturated carbocycles. The molecule has 0 spiro atoms. The Balaban J connectivity index is 2.04. The number of hydrogen-bond acceptors (Lipinski definition) is 2. The second kappa shape index (κ2) is 7.28. The van der Waals surface area contributed by atoms with Gasteiger partial charge in [0.05, 0.1) is 0 Å². The largest absolute Gasteiger partial charge is 0.317 e. The molecule has 1 aromatic carbocycles. The van der Waals surface area contributed by atoms with Gasteiger partial charge in [-0.25, -0.2) is 0 Å². The lowest BCUT2D eigenvalue weighted by Crippen LogP contribution is -2.44. The molecule has 1 aliphatic heterocycles. The zero-order chi connectivity index (χ0) is 13.7. The lowest BCUT2D eigenvalue weighted by atomic mass is 10.0. The molecule has 1 N–H and O–H groups in total. The minimum Gasteiger partial charge on any atom is -0.317 e. The van der Waals surface area contributed by atoms with Gasteiger partial charge in [0.1, 0.15) is 0 Å². The first-order chi connectivity index (χ1) is 9.15. The van der Waals surface area contributed by atoms with E-state index in [-0.39, 0.29) is 0 Å². The number of benzene rings is 1. The second-order valence-electron chi connectivity index (χ2n) is 5.93. The van der Waals surface area contributed by atoms with Gasteiger partial charge in [0.25, 0.3) is 0 Å². The summed E-state index contributed by atoms with van der Waals surface area (Å²) in [6.07, 6.45) is 2.51. The van der Waals surface area contributed by atoms with Crippen molar-refractivity contribution in [3.05, 3.63) is 34.9 Å². The van der Waals surface area contributed by atoms with E-state index in [1.165, 1.54) is 18.4 Å². The molecule has 3 heteroatoms. The van der Waals surface area contributed by atoms with Crippen LogP contribution in [-0.2, 0) is 6.54 Å². The average molecular weight is 281 g/mol. The molecule has 0 unspecified atom stereocenters. The third-order valence-corrected chi connectivity index (χ3v) is 3.93. The highest BCUT2D eigenvalue weighted by molar-refractivity contribution is 6.30. The monoisotopic (exact) mass is 280 g/mol. The van der Waals surface area contributed by atoms with Crippen molar-refractivity contribution >= 4 is 11.6 Å². The summed E-state index contributed by atoms with van der Waals surface area (Å²) >= 11 is 6.09. The van der Waals surface area contributed by atoms with Crippen LogP contribution in [0.5, 0.6) is 0 Å². The molecule has 0 bridgehead atoms. The van der Waals surface area contributed by atoms with Crippen molar-refractivity contribution in [2.45, 2.75) is 39.3 Å². The van der Waals surface area contributed by atoms with E-state index >= 15 is 0 Å². The number of nitrogens with one attached hydrogen (secondary N) is 1. The Hall–Kier alpha value is -0.570. The maximum Gasteiger partial charge on any atom is 0.0409 e. The second-order valence-corrected chi connectivity index (χ2v) is 6.37. The summed E-state index contributed by atoms with van der Waals surface area (Å²) in [7, 11) is 0. The summed E-state index contributed by atoms with van der Waals surface area (Å²) in [4.78, 5) is 2.64. The first-order valence-electron chi connectivity index (χ1n) is 7.34. The standard InChI is InChI=1S/C16H25ClN2/c1-13(2)11-19(16-6-8-18-9-7-16)12-14-4-3-5-15(17)10-14/h3-5,10,13,16,18H,6-9,11-12H2,1-2H3. The Labute approximate surface area is 122 Å². The number of piperidine rings is 1. The van der Waals surface area contributed by atoms with Crippen molar-refractivity contribution in [1.82, 2.24) is 10.2 Å². The Morgan fingerprint density at radius 3 is 2.68 bits per heavy atom. The summed E-state index contributed by atoms with van der Waals surface area (Å²) in [6.45, 7) is 9.07. The maximum absolute atomic E-state index is 6.09. The third-order valence-electron chi connectivity index (χ3n) is 3.70. The SMILES string of the molecule is CC(C)CN(Cc1cccc(Cl)c1)C1CCNCC1. The molecule has 1 aliphatic rings. The smallest absolute Gasteiger partial charge is 0.0409 e. The minimum absolute atomic E-state index is 0.703. The van der Waals surface area contributed by atoms with E-state index in [1.54, 1.807) is 0 Å². The topological polar surface area (TPSA) is 15.3 Å². The van der Waals surface area contributed by atoms with Crippen molar-refractivity contribution < 1.29 is 0 Å². The molecule has 0 aromatic heterocycles. The van der Waals surface area contributed by atoms with E-state index in [0.717, 1.165) is 31.2 Å². The van der Waals surface area contributed by atoms with Crippen molar-refractivity contribution in [3.8, 4) is 0 Å². The predicted octanol–water partition coefficient (Wildman–Crippen LogP) is 3.55. The summed E-state index contributed by atoms with van der Waals surface area (Å²) < 4.78 is 0. The van der Waals surface area contributed by atoms with Crippen LogP contribution in [0.15, 0.2) is 24.3 Å². The molecule has 19 heavy (non-hydrogen) atoms. The van der Waals surface area contributed by atoms with Crippen molar-refractivity contribution in [2.24, 2.45) is 5.92 Å².